The molecule has 0 unspecified atom stereocenters. The van der Waals surface area contributed by atoms with E-state index in [1.54, 1.807) is 6.20 Å². The number of hydrogen-bond acceptors (Lipinski definition) is 4. The number of benzene rings is 7. The van der Waals surface area contributed by atoms with E-state index < -0.39 is 0 Å². The van der Waals surface area contributed by atoms with Gasteiger partial charge in [-0.15, -0.1) is 11.3 Å². The predicted octanol–water partition coefficient (Wildman–Crippen LogP) is 12.6. The number of para-hydroxylation sites is 1. The van der Waals surface area contributed by atoms with Crippen molar-refractivity contribution < 1.29 is 0 Å². The second kappa shape index (κ2) is 11.4. The molecule has 7 aromatic carbocycles. The van der Waals surface area contributed by atoms with Crippen LogP contribution in [0.4, 0.5) is 0 Å². The van der Waals surface area contributed by atoms with Gasteiger partial charge in [-0.05, 0) is 52.9 Å². The maximum Gasteiger partial charge on any atom is 0.163 e. The molecule has 0 saturated carbocycles. The van der Waals surface area contributed by atoms with Crippen LogP contribution in [0.3, 0.4) is 0 Å². The quantitative estimate of drug-likeness (QED) is 0.186. The Hall–Kier alpha value is -6.69. The molecule has 0 fully saturated rings. The molecule has 4 heterocycles. The minimum absolute atomic E-state index is 0.646. The van der Waals surface area contributed by atoms with Gasteiger partial charge in [0.25, 0.3) is 0 Å². The Labute approximate surface area is 302 Å². The molecule has 0 radical (unpaired) electrons. The fraction of sp³-hybridized carbons (Fsp3) is 0. The van der Waals surface area contributed by atoms with Crippen LogP contribution in [0.5, 0.6) is 0 Å². The van der Waals surface area contributed by atoms with Crippen LogP contribution in [0.25, 0.3) is 103 Å². The van der Waals surface area contributed by atoms with Crippen molar-refractivity contribution in [3.05, 3.63) is 170 Å². The van der Waals surface area contributed by atoms with Crippen molar-refractivity contribution >= 4 is 75.1 Å². The van der Waals surface area contributed by atoms with E-state index in [9.17, 15) is 0 Å². The number of thiophene rings is 1. The molecule has 52 heavy (non-hydrogen) atoms. The molecule has 11 aromatic rings. The van der Waals surface area contributed by atoms with Crippen LogP contribution in [0, 0.1) is 0 Å². The Morgan fingerprint density at radius 3 is 2.00 bits per heavy atom. The molecule has 0 aliphatic carbocycles. The smallest absolute Gasteiger partial charge is 0.163 e. The summed E-state index contributed by atoms with van der Waals surface area (Å²) in [6.45, 7) is 0. The van der Waals surface area contributed by atoms with E-state index in [0.29, 0.717) is 11.5 Å². The van der Waals surface area contributed by atoms with Crippen molar-refractivity contribution in [2.75, 3.05) is 0 Å². The highest BCUT2D eigenvalue weighted by atomic mass is 32.1. The molecule has 0 atom stereocenters. The van der Waals surface area contributed by atoms with Crippen molar-refractivity contribution in [3.8, 4) is 39.5 Å². The molecule has 0 bridgehead atoms. The molecule has 242 valence electrons. The van der Waals surface area contributed by atoms with Gasteiger partial charge < -0.3 is 4.57 Å². The van der Waals surface area contributed by atoms with Crippen molar-refractivity contribution in [1.82, 2.24) is 19.5 Å². The van der Waals surface area contributed by atoms with Crippen LogP contribution in [-0.2, 0) is 0 Å². The second-order valence-corrected chi connectivity index (χ2v) is 14.2. The minimum atomic E-state index is 0.646. The summed E-state index contributed by atoms with van der Waals surface area (Å²) in [4.78, 5) is 15.0. The van der Waals surface area contributed by atoms with Crippen LogP contribution < -0.4 is 0 Å². The van der Waals surface area contributed by atoms with E-state index in [0.717, 1.165) is 27.9 Å². The van der Waals surface area contributed by atoms with Crippen molar-refractivity contribution in [3.63, 3.8) is 0 Å². The van der Waals surface area contributed by atoms with Crippen LogP contribution in [0.15, 0.2) is 170 Å². The van der Waals surface area contributed by atoms with Gasteiger partial charge in [-0.1, -0.05) is 127 Å². The third-order valence-electron chi connectivity index (χ3n) is 10.2. The lowest BCUT2D eigenvalue weighted by molar-refractivity contribution is 1.16. The summed E-state index contributed by atoms with van der Waals surface area (Å²) in [6.07, 6.45) is 1.80. The maximum absolute atomic E-state index is 5.25. The molecule has 4 aromatic heterocycles. The molecule has 0 saturated heterocycles. The van der Waals surface area contributed by atoms with Gasteiger partial charge in [0.15, 0.2) is 11.5 Å². The highest BCUT2D eigenvalue weighted by molar-refractivity contribution is 7.27. The van der Waals surface area contributed by atoms with E-state index >= 15 is 0 Å². The number of hydrogen-bond donors (Lipinski definition) is 0. The third kappa shape index (κ3) is 4.36. The van der Waals surface area contributed by atoms with Gasteiger partial charge in [0, 0.05) is 64.7 Å². The average Bonchev–Trinajstić information content (AvgIpc) is 3.78. The lowest BCUT2D eigenvalue weighted by Crippen LogP contribution is -1.99. The first kappa shape index (κ1) is 29.1. The molecular weight excluding hydrogens is 653 g/mol. The minimum Gasteiger partial charge on any atom is -0.309 e. The SMILES string of the molecule is c1ccc(-c2ccc(-c3nc(-c4cccc(-n5c6ccccc6c6c7sc8ccccc8c7c7ccccc7c65)c4)nc4ncccc34)cc2)cc1. The predicted molar refractivity (Wildman–Crippen MR) is 218 cm³/mol. The lowest BCUT2D eigenvalue weighted by Gasteiger charge is -2.13. The van der Waals surface area contributed by atoms with Gasteiger partial charge in [0.2, 0.25) is 0 Å². The van der Waals surface area contributed by atoms with E-state index in [1.807, 2.05) is 23.5 Å². The molecule has 0 N–H and O–H groups in total. The Kier molecular flexibility index (Phi) is 6.39. The zero-order chi connectivity index (χ0) is 34.2. The summed E-state index contributed by atoms with van der Waals surface area (Å²) < 4.78 is 5.07. The van der Waals surface area contributed by atoms with Gasteiger partial charge >= 0.3 is 0 Å². The Morgan fingerprint density at radius 2 is 1.13 bits per heavy atom. The molecular formula is C47H28N4S. The fourth-order valence-electron chi connectivity index (χ4n) is 7.94. The van der Waals surface area contributed by atoms with Gasteiger partial charge in [0.05, 0.1) is 16.7 Å². The summed E-state index contributed by atoms with van der Waals surface area (Å²) in [6, 6.07) is 58.2. The average molecular weight is 681 g/mol. The highest BCUT2D eigenvalue weighted by Gasteiger charge is 2.22. The van der Waals surface area contributed by atoms with Crippen LogP contribution in [-0.4, -0.2) is 19.5 Å². The molecule has 0 aliphatic heterocycles. The standard InChI is InChI=1S/C47H28N4S/c1-2-12-29(13-3-1)30-23-25-31(26-24-30)43-38-20-11-27-48-47(38)50-46(49-43)32-14-10-15-33(28-32)51-39-21-8-6-18-36(39)42-44(51)35-17-5-4-16-34(35)41-37-19-7-9-22-40(37)52-45(41)42/h1-28H. The van der Waals surface area contributed by atoms with Crippen LogP contribution in [0.1, 0.15) is 0 Å². The zero-order valence-corrected chi connectivity index (χ0v) is 28.7. The Bertz CT molecular complexity index is 3180. The number of fused-ring (bicyclic) bond motifs is 11. The molecule has 0 spiro atoms. The molecule has 11 rings (SSSR count). The normalized spacial score (nSPS) is 11.8. The van der Waals surface area contributed by atoms with Crippen molar-refractivity contribution in [2.45, 2.75) is 0 Å². The lowest BCUT2D eigenvalue weighted by atomic mass is 9.99. The summed E-state index contributed by atoms with van der Waals surface area (Å²) in [5, 5.41) is 8.63. The monoisotopic (exact) mass is 680 g/mol. The van der Waals surface area contributed by atoms with E-state index in [2.05, 4.69) is 156 Å². The van der Waals surface area contributed by atoms with Gasteiger partial charge in [-0.25, -0.2) is 15.0 Å². The van der Waals surface area contributed by atoms with Gasteiger partial charge in [-0.3, -0.25) is 0 Å². The summed E-state index contributed by atoms with van der Waals surface area (Å²) in [7, 11) is 0. The first-order valence-electron chi connectivity index (χ1n) is 17.4. The van der Waals surface area contributed by atoms with E-state index in [1.165, 1.54) is 63.9 Å². The molecule has 0 amide bonds. The van der Waals surface area contributed by atoms with Crippen LogP contribution in [0.2, 0.25) is 0 Å². The molecule has 5 heteroatoms. The Morgan fingerprint density at radius 1 is 0.462 bits per heavy atom. The number of pyridine rings is 1. The van der Waals surface area contributed by atoms with E-state index in [-0.39, 0.29) is 0 Å². The summed E-state index contributed by atoms with van der Waals surface area (Å²) in [5.41, 5.74) is 9.31. The largest absolute Gasteiger partial charge is 0.309 e. The fourth-order valence-corrected chi connectivity index (χ4v) is 9.21. The highest BCUT2D eigenvalue weighted by Crippen LogP contribution is 2.48. The molecule has 4 nitrogen and oxygen atoms in total. The molecule has 0 aliphatic rings. The van der Waals surface area contributed by atoms with Crippen molar-refractivity contribution in [1.29, 1.82) is 0 Å². The van der Waals surface area contributed by atoms with Crippen molar-refractivity contribution in [2.24, 2.45) is 0 Å². The number of nitrogens with zero attached hydrogens (tertiary/aromatic N) is 4. The first-order chi connectivity index (χ1) is 25.8. The number of rotatable bonds is 4. The topological polar surface area (TPSA) is 43.6 Å². The zero-order valence-electron chi connectivity index (χ0n) is 27.9. The third-order valence-corrected chi connectivity index (χ3v) is 11.4. The summed E-state index contributed by atoms with van der Waals surface area (Å²) in [5.74, 6) is 0.646. The van der Waals surface area contributed by atoms with E-state index in [4.69, 9.17) is 15.0 Å². The summed E-state index contributed by atoms with van der Waals surface area (Å²) >= 11 is 1.89. The maximum atomic E-state index is 5.25. The second-order valence-electron chi connectivity index (χ2n) is 13.2. The first-order valence-corrected chi connectivity index (χ1v) is 18.3. The van der Waals surface area contributed by atoms with Crippen LogP contribution >= 0.6 is 11.3 Å². The Balaban J connectivity index is 1.14. The van der Waals surface area contributed by atoms with Gasteiger partial charge in [0.1, 0.15) is 0 Å². The number of aromatic nitrogens is 4. The van der Waals surface area contributed by atoms with Gasteiger partial charge in [-0.2, -0.15) is 0 Å².